The van der Waals surface area contributed by atoms with Gasteiger partial charge >= 0.3 is 12.6 Å². The lowest BCUT2D eigenvalue weighted by atomic mass is 10.0. The standard InChI is InChI=1S/C30H30Cl2F2N2O7S2/c1-17-3-8-27(26(11-17)40-2)45(38,39)36-9-10-44-28(36)29(37)42-24(13-20-21(31)14-35-15-22(20)32)19-6-7-23(43-30(33)34)25(12-19)41-16-18-4-5-18/h3,6-8,11-12,14-15,18,24,28,30H,4-5,9-10,13,16H2,1-2H3/p+1/t24-,28-/m0/s1. The van der Waals surface area contributed by atoms with E-state index >= 15 is 0 Å². The first-order chi connectivity index (χ1) is 21.5. The molecule has 3 aromatic rings. The largest absolute Gasteiger partial charge is 0.495 e. The van der Waals surface area contributed by atoms with Gasteiger partial charge in [-0.2, -0.15) is 13.1 Å². The van der Waals surface area contributed by atoms with Gasteiger partial charge in [0.25, 0.3) is 0 Å². The van der Waals surface area contributed by atoms with Crippen LogP contribution in [0.25, 0.3) is 0 Å². The van der Waals surface area contributed by atoms with E-state index in [-0.39, 0.29) is 45.2 Å². The molecular weight excluding hydrogens is 673 g/mol. The Morgan fingerprint density at radius 1 is 1.09 bits per heavy atom. The van der Waals surface area contributed by atoms with Gasteiger partial charge in [-0.15, -0.1) is 11.8 Å². The van der Waals surface area contributed by atoms with E-state index in [0.717, 1.165) is 34.5 Å². The normalized spacial score (nSPS) is 17.7. The number of ether oxygens (including phenoxy) is 4. The molecule has 0 spiro atoms. The minimum atomic E-state index is -4.17. The summed E-state index contributed by atoms with van der Waals surface area (Å²) in [5, 5.41) is -0.653. The van der Waals surface area contributed by atoms with Crippen LogP contribution in [0.2, 0.25) is 10.0 Å². The van der Waals surface area contributed by atoms with E-state index < -0.39 is 34.1 Å². The maximum absolute atomic E-state index is 13.8. The number of alkyl halides is 2. The first kappa shape index (κ1) is 33.5. The molecule has 1 aliphatic carbocycles. The molecule has 0 unspecified atom stereocenters. The average Bonchev–Trinajstić information content (AvgIpc) is 3.69. The van der Waals surface area contributed by atoms with Gasteiger partial charge in [0.1, 0.15) is 26.8 Å². The van der Waals surface area contributed by atoms with Gasteiger partial charge in [0.05, 0.1) is 13.7 Å². The van der Waals surface area contributed by atoms with Gasteiger partial charge in [-0.1, -0.05) is 35.3 Å². The summed E-state index contributed by atoms with van der Waals surface area (Å²) in [4.78, 5) is 16.5. The minimum Gasteiger partial charge on any atom is -0.495 e. The fourth-order valence-electron chi connectivity index (χ4n) is 4.81. The molecule has 2 fully saturated rings. The zero-order chi connectivity index (χ0) is 32.3. The molecule has 1 aromatic heterocycles. The van der Waals surface area contributed by atoms with E-state index in [0.29, 0.717) is 29.4 Å². The smallest absolute Gasteiger partial charge is 0.387 e. The number of benzene rings is 2. The molecule has 2 atom stereocenters. The van der Waals surface area contributed by atoms with Gasteiger partial charge in [0.2, 0.25) is 10.0 Å². The molecule has 9 nitrogen and oxygen atoms in total. The Bertz CT molecular complexity index is 1640. The van der Waals surface area contributed by atoms with E-state index in [4.69, 9.17) is 37.4 Å². The molecule has 45 heavy (non-hydrogen) atoms. The molecule has 0 amide bonds. The van der Waals surface area contributed by atoms with Crippen LogP contribution >= 0.6 is 35.0 Å². The molecule has 5 rings (SSSR count). The molecule has 2 heterocycles. The monoisotopic (exact) mass is 703 g/mol. The van der Waals surface area contributed by atoms with E-state index in [1.54, 1.807) is 12.1 Å². The summed E-state index contributed by atoms with van der Waals surface area (Å²) in [6, 6.07) is 8.97. The molecule has 2 aliphatic rings. The number of aromatic amines is 1. The van der Waals surface area contributed by atoms with Gasteiger partial charge < -0.3 is 18.9 Å². The van der Waals surface area contributed by atoms with Crippen LogP contribution in [0.3, 0.4) is 0 Å². The van der Waals surface area contributed by atoms with E-state index in [1.807, 2.05) is 6.92 Å². The van der Waals surface area contributed by atoms with Crippen molar-refractivity contribution in [1.29, 1.82) is 0 Å². The van der Waals surface area contributed by atoms with Crippen LogP contribution in [0, 0.1) is 12.8 Å². The Morgan fingerprint density at radius 2 is 1.82 bits per heavy atom. The zero-order valence-corrected chi connectivity index (χ0v) is 27.4. The van der Waals surface area contributed by atoms with Gasteiger partial charge in [-0.3, -0.25) is 0 Å². The van der Waals surface area contributed by atoms with Crippen molar-refractivity contribution in [1.82, 2.24) is 4.31 Å². The third-order valence-electron chi connectivity index (χ3n) is 7.33. The topological polar surface area (TPSA) is 106 Å². The fourth-order valence-corrected chi connectivity index (χ4v) is 8.52. The van der Waals surface area contributed by atoms with Crippen molar-refractivity contribution < 1.29 is 45.9 Å². The van der Waals surface area contributed by atoms with Gasteiger partial charge in [0.15, 0.2) is 29.3 Å². The number of halogens is 4. The zero-order valence-electron chi connectivity index (χ0n) is 24.3. The van der Waals surface area contributed by atoms with Crippen LogP contribution in [0.15, 0.2) is 53.7 Å². The van der Waals surface area contributed by atoms with Crippen molar-refractivity contribution in [3.63, 3.8) is 0 Å². The number of methoxy groups -OCH3 is 1. The molecule has 1 saturated heterocycles. The number of rotatable bonds is 13. The summed E-state index contributed by atoms with van der Waals surface area (Å²) in [6.07, 6.45) is 3.91. The Balaban J connectivity index is 1.47. The second-order valence-electron chi connectivity index (χ2n) is 10.6. The Kier molecular flexibility index (Phi) is 10.6. The highest BCUT2D eigenvalue weighted by Gasteiger charge is 2.43. The number of pyridine rings is 1. The van der Waals surface area contributed by atoms with Crippen molar-refractivity contribution in [3.8, 4) is 17.2 Å². The van der Waals surface area contributed by atoms with Crippen molar-refractivity contribution in [2.75, 3.05) is 26.0 Å². The fraction of sp³-hybridized carbons (Fsp3) is 0.400. The van der Waals surface area contributed by atoms with Gasteiger partial charge in [-0.05, 0) is 61.1 Å². The highest BCUT2D eigenvalue weighted by molar-refractivity contribution is 8.02. The maximum atomic E-state index is 13.8. The molecule has 242 valence electrons. The van der Waals surface area contributed by atoms with Crippen LogP contribution in [0.4, 0.5) is 8.78 Å². The van der Waals surface area contributed by atoms with Crippen molar-refractivity contribution in [2.45, 2.75) is 49.2 Å². The second-order valence-corrected chi connectivity index (χ2v) is 14.5. The molecule has 1 aliphatic heterocycles. The lowest BCUT2D eigenvalue weighted by molar-refractivity contribution is -0.377. The van der Waals surface area contributed by atoms with Crippen LogP contribution < -0.4 is 19.2 Å². The SMILES string of the molecule is COc1cc(C)ccc1S(=O)(=O)N1CCS[C@H]1C(=O)O[C@@H](Cc1c(Cl)c[nH+]cc1Cl)c1ccc(OC(F)F)c(OCC2CC2)c1. The molecule has 1 saturated carbocycles. The molecule has 1 N–H and O–H groups in total. The molecule has 2 aromatic carbocycles. The Morgan fingerprint density at radius 3 is 2.49 bits per heavy atom. The number of H-pyrrole nitrogens is 1. The van der Waals surface area contributed by atoms with E-state index in [2.05, 4.69) is 9.72 Å². The quantitative estimate of drug-likeness (QED) is 0.197. The van der Waals surface area contributed by atoms with Crippen LogP contribution in [-0.2, 0) is 26.0 Å². The number of aryl methyl sites for hydroxylation is 1. The summed E-state index contributed by atoms with van der Waals surface area (Å²) in [5.41, 5.74) is 1.64. The van der Waals surface area contributed by atoms with Crippen molar-refractivity contribution >= 4 is 51.0 Å². The molecule has 0 bridgehead atoms. The van der Waals surface area contributed by atoms with Crippen LogP contribution in [0.1, 0.15) is 35.6 Å². The number of hydrogen-bond donors (Lipinski definition) is 0. The number of thioether (sulfide) groups is 1. The number of sulfonamides is 1. The number of carbonyl (C=O) groups is 1. The Hall–Kier alpha value is -2.84. The third-order valence-corrected chi connectivity index (χ3v) is 11.2. The van der Waals surface area contributed by atoms with E-state index in [1.165, 1.54) is 43.8 Å². The maximum Gasteiger partial charge on any atom is 0.387 e. The summed E-state index contributed by atoms with van der Waals surface area (Å²) in [5.74, 6) is -0.0970. The van der Waals surface area contributed by atoms with Crippen LogP contribution in [-0.4, -0.2) is 56.7 Å². The lowest BCUT2D eigenvalue weighted by Gasteiger charge is -2.26. The lowest BCUT2D eigenvalue weighted by Crippen LogP contribution is -2.40. The van der Waals surface area contributed by atoms with E-state index in [9.17, 15) is 22.0 Å². The number of aromatic nitrogens is 1. The molecule has 0 radical (unpaired) electrons. The van der Waals surface area contributed by atoms with Crippen molar-refractivity contribution in [2.24, 2.45) is 5.92 Å². The minimum absolute atomic E-state index is 0.00881. The number of carbonyl (C=O) groups excluding carboxylic acids is 1. The predicted molar refractivity (Wildman–Crippen MR) is 165 cm³/mol. The summed E-state index contributed by atoms with van der Waals surface area (Å²) >= 11 is 14.0. The van der Waals surface area contributed by atoms with Gasteiger partial charge in [-0.25, -0.2) is 18.2 Å². The summed E-state index contributed by atoms with van der Waals surface area (Å²) < 4.78 is 76.8. The Labute approximate surface area is 274 Å². The first-order valence-corrected chi connectivity index (χ1v) is 17.3. The highest BCUT2D eigenvalue weighted by Crippen LogP contribution is 2.40. The van der Waals surface area contributed by atoms with Gasteiger partial charge in [0, 0.05) is 24.3 Å². The highest BCUT2D eigenvalue weighted by atomic mass is 35.5. The van der Waals surface area contributed by atoms with Crippen molar-refractivity contribution in [3.05, 3.63) is 75.5 Å². The molecular formula is C30H31Cl2F2N2O7S2+. The number of nitrogens with one attached hydrogen (secondary N) is 1. The third kappa shape index (κ3) is 7.94. The van der Waals surface area contributed by atoms with Crippen LogP contribution in [0.5, 0.6) is 17.2 Å². The predicted octanol–water partition coefficient (Wildman–Crippen LogP) is 6.11. The summed E-state index contributed by atoms with van der Waals surface area (Å²) in [6.45, 7) is -0.888. The average molecular weight is 705 g/mol. The number of esters is 1. The first-order valence-electron chi connectivity index (χ1n) is 14.0. The summed E-state index contributed by atoms with van der Waals surface area (Å²) in [7, 11) is -2.79. The molecule has 15 heteroatoms. The number of nitrogens with zero attached hydrogens (tertiary/aromatic N) is 1. The number of hydrogen-bond acceptors (Lipinski definition) is 8. The second kappa shape index (κ2) is 14.3.